The second-order valence-electron chi connectivity index (χ2n) is 4.31. The van der Waals surface area contributed by atoms with E-state index in [1.54, 1.807) is 36.7 Å². The molecule has 0 bridgehead atoms. The molecule has 0 fully saturated rings. The van der Waals surface area contributed by atoms with Gasteiger partial charge in [-0.25, -0.2) is 0 Å². The number of rotatable bonds is 3. The summed E-state index contributed by atoms with van der Waals surface area (Å²) in [5, 5.41) is 9.49. The van der Waals surface area contributed by atoms with Crippen LogP contribution in [0, 0.1) is 11.8 Å². The number of benzene rings is 1. The van der Waals surface area contributed by atoms with E-state index in [-0.39, 0.29) is 11.9 Å². The van der Waals surface area contributed by atoms with E-state index < -0.39 is 0 Å². The molecule has 1 aromatic carbocycles. The zero-order valence-electron chi connectivity index (χ0n) is 11.2. The Hall–Kier alpha value is -2.58. The molecule has 1 heterocycles. The Balaban J connectivity index is 2.02. The number of nitrogens with one attached hydrogen (secondary N) is 2. The highest BCUT2D eigenvalue weighted by Crippen LogP contribution is 2.11. The van der Waals surface area contributed by atoms with E-state index in [4.69, 9.17) is 5.73 Å². The number of nitrogens with two attached hydrogens (primary N) is 1. The van der Waals surface area contributed by atoms with Crippen molar-refractivity contribution in [3.63, 3.8) is 0 Å². The highest BCUT2D eigenvalue weighted by atomic mass is 16.1. The van der Waals surface area contributed by atoms with Crippen LogP contribution >= 0.6 is 0 Å². The van der Waals surface area contributed by atoms with Gasteiger partial charge in [0.2, 0.25) is 0 Å². The lowest BCUT2D eigenvalue weighted by atomic mass is 10.1. The number of amides is 1. The number of hydrogen-bond donors (Lipinski definition) is 3. The third-order valence-electron chi connectivity index (χ3n) is 2.85. The fourth-order valence-electron chi connectivity index (χ4n) is 1.72. The average molecular weight is 268 g/mol. The summed E-state index contributed by atoms with van der Waals surface area (Å²) < 4.78 is 0. The monoisotopic (exact) mass is 268 g/mol. The third-order valence-corrected chi connectivity index (χ3v) is 2.85. The van der Waals surface area contributed by atoms with Gasteiger partial charge in [-0.2, -0.15) is 5.10 Å². The molecule has 0 saturated heterocycles. The fourth-order valence-corrected chi connectivity index (χ4v) is 1.72. The standard InChI is InChI=1S/C15H16N4O/c1-11(14-9-17-18-10-14)19-15(20)13-6-4-12(5-7-13)3-2-8-16/h4-7,9-11H,8,16H2,1H3,(H,17,18)(H,19,20). The van der Waals surface area contributed by atoms with Crippen LogP contribution < -0.4 is 11.1 Å². The minimum Gasteiger partial charge on any atom is -0.345 e. The Morgan fingerprint density at radius 3 is 2.80 bits per heavy atom. The SMILES string of the molecule is CC(NC(=O)c1ccc(C#CCN)cc1)c1cn[nH]c1. The number of H-pyrrole nitrogens is 1. The van der Waals surface area contributed by atoms with E-state index >= 15 is 0 Å². The Morgan fingerprint density at radius 2 is 2.20 bits per heavy atom. The molecular weight excluding hydrogens is 252 g/mol. The first-order valence-electron chi connectivity index (χ1n) is 6.29. The van der Waals surface area contributed by atoms with Gasteiger partial charge in [-0.1, -0.05) is 11.8 Å². The molecule has 0 radical (unpaired) electrons. The summed E-state index contributed by atoms with van der Waals surface area (Å²) >= 11 is 0. The Bertz CT molecular complexity index is 620. The van der Waals surface area contributed by atoms with Crippen LogP contribution in [0.1, 0.15) is 34.5 Å². The van der Waals surface area contributed by atoms with E-state index in [1.807, 2.05) is 6.92 Å². The predicted molar refractivity (Wildman–Crippen MR) is 76.8 cm³/mol. The Labute approximate surface area is 117 Å². The van der Waals surface area contributed by atoms with Gasteiger partial charge < -0.3 is 11.1 Å². The molecule has 5 nitrogen and oxygen atoms in total. The van der Waals surface area contributed by atoms with E-state index in [0.717, 1.165) is 11.1 Å². The molecule has 1 unspecified atom stereocenters. The van der Waals surface area contributed by atoms with Gasteiger partial charge in [0.05, 0.1) is 18.8 Å². The van der Waals surface area contributed by atoms with Gasteiger partial charge >= 0.3 is 0 Å². The number of carbonyl (C=O) groups excluding carboxylic acids is 1. The topological polar surface area (TPSA) is 83.8 Å². The van der Waals surface area contributed by atoms with E-state index in [0.29, 0.717) is 12.1 Å². The molecular formula is C15H16N4O. The predicted octanol–water partition coefficient (Wildman–Crippen LogP) is 1.21. The zero-order valence-corrected chi connectivity index (χ0v) is 11.2. The van der Waals surface area contributed by atoms with Gasteiger partial charge in [-0.15, -0.1) is 0 Å². The van der Waals surface area contributed by atoms with Crippen molar-refractivity contribution in [2.75, 3.05) is 6.54 Å². The summed E-state index contributed by atoms with van der Waals surface area (Å²) in [7, 11) is 0. The first kappa shape index (κ1) is 13.8. The van der Waals surface area contributed by atoms with Crippen molar-refractivity contribution in [1.82, 2.24) is 15.5 Å². The molecule has 102 valence electrons. The lowest BCUT2D eigenvalue weighted by molar-refractivity contribution is 0.0940. The highest BCUT2D eigenvalue weighted by Gasteiger charge is 2.11. The minimum atomic E-state index is -0.128. The average Bonchev–Trinajstić information content (AvgIpc) is 3.00. The summed E-state index contributed by atoms with van der Waals surface area (Å²) in [5.74, 6) is 5.56. The molecule has 0 aliphatic rings. The number of carbonyl (C=O) groups is 1. The van der Waals surface area contributed by atoms with Crippen LogP contribution in [0.5, 0.6) is 0 Å². The van der Waals surface area contributed by atoms with E-state index in [2.05, 4.69) is 27.4 Å². The molecule has 1 amide bonds. The molecule has 0 spiro atoms. The van der Waals surface area contributed by atoms with Gasteiger partial charge in [0.25, 0.3) is 5.91 Å². The molecule has 1 aromatic heterocycles. The van der Waals surface area contributed by atoms with Crippen LogP contribution in [-0.4, -0.2) is 22.6 Å². The van der Waals surface area contributed by atoms with Gasteiger partial charge in [0.15, 0.2) is 0 Å². The van der Waals surface area contributed by atoms with Crippen LogP contribution in [-0.2, 0) is 0 Å². The summed E-state index contributed by atoms with van der Waals surface area (Å²) in [6, 6.07) is 7.01. The van der Waals surface area contributed by atoms with Gasteiger partial charge in [0.1, 0.15) is 0 Å². The van der Waals surface area contributed by atoms with E-state index in [9.17, 15) is 4.79 Å². The summed E-state index contributed by atoms with van der Waals surface area (Å²) in [6.07, 6.45) is 3.45. The second-order valence-corrected chi connectivity index (χ2v) is 4.31. The van der Waals surface area contributed by atoms with Gasteiger partial charge in [-0.3, -0.25) is 9.89 Å². The van der Waals surface area contributed by atoms with E-state index in [1.165, 1.54) is 0 Å². The maximum absolute atomic E-state index is 12.1. The van der Waals surface area contributed by atoms with Crippen LogP contribution in [0.25, 0.3) is 0 Å². The number of aromatic amines is 1. The summed E-state index contributed by atoms with van der Waals surface area (Å²) in [5.41, 5.74) is 7.68. The fraction of sp³-hybridized carbons (Fsp3) is 0.200. The van der Waals surface area contributed by atoms with Crippen molar-refractivity contribution in [2.24, 2.45) is 5.73 Å². The van der Waals surface area contributed by atoms with Crippen LogP contribution in [0.15, 0.2) is 36.7 Å². The number of aromatic nitrogens is 2. The molecule has 0 aliphatic heterocycles. The van der Waals surface area contributed by atoms with Crippen LogP contribution in [0.4, 0.5) is 0 Å². The Morgan fingerprint density at radius 1 is 1.45 bits per heavy atom. The lowest BCUT2D eigenvalue weighted by Gasteiger charge is -2.11. The smallest absolute Gasteiger partial charge is 0.251 e. The summed E-state index contributed by atoms with van der Waals surface area (Å²) in [6.45, 7) is 2.23. The molecule has 0 aliphatic carbocycles. The number of hydrogen-bond acceptors (Lipinski definition) is 3. The minimum absolute atomic E-state index is 0.0991. The molecule has 4 N–H and O–H groups in total. The highest BCUT2D eigenvalue weighted by molar-refractivity contribution is 5.94. The normalized spacial score (nSPS) is 11.3. The first-order valence-corrected chi connectivity index (χ1v) is 6.29. The molecule has 0 saturated carbocycles. The van der Waals surface area contributed by atoms with Gasteiger partial charge in [-0.05, 0) is 31.2 Å². The van der Waals surface area contributed by atoms with Gasteiger partial charge in [0, 0.05) is 22.9 Å². The molecule has 2 aromatic rings. The van der Waals surface area contributed by atoms with Crippen molar-refractivity contribution < 1.29 is 4.79 Å². The number of nitrogens with zero attached hydrogens (tertiary/aromatic N) is 1. The van der Waals surface area contributed by atoms with Crippen LogP contribution in [0.2, 0.25) is 0 Å². The molecule has 2 rings (SSSR count). The maximum Gasteiger partial charge on any atom is 0.251 e. The van der Waals surface area contributed by atoms with Crippen molar-refractivity contribution in [1.29, 1.82) is 0 Å². The third kappa shape index (κ3) is 3.46. The molecule has 1 atom stereocenters. The largest absolute Gasteiger partial charge is 0.345 e. The zero-order chi connectivity index (χ0) is 14.4. The lowest BCUT2D eigenvalue weighted by Crippen LogP contribution is -2.26. The van der Waals surface area contributed by atoms with Crippen molar-refractivity contribution in [3.05, 3.63) is 53.3 Å². The van der Waals surface area contributed by atoms with Crippen LogP contribution in [0.3, 0.4) is 0 Å². The molecule has 20 heavy (non-hydrogen) atoms. The van der Waals surface area contributed by atoms with Crippen molar-refractivity contribution in [3.8, 4) is 11.8 Å². The summed E-state index contributed by atoms with van der Waals surface area (Å²) in [4.78, 5) is 12.1. The second kappa shape index (κ2) is 6.55. The molecule has 5 heteroatoms. The maximum atomic E-state index is 12.1. The first-order chi connectivity index (χ1) is 9.70. The van der Waals surface area contributed by atoms with Crippen molar-refractivity contribution >= 4 is 5.91 Å². The van der Waals surface area contributed by atoms with Crippen molar-refractivity contribution in [2.45, 2.75) is 13.0 Å². The quantitative estimate of drug-likeness (QED) is 0.732. The Kier molecular flexibility index (Phi) is 4.53.